The van der Waals surface area contributed by atoms with Crippen LogP contribution in [-0.2, 0) is 11.2 Å². The average molecular weight is 492 g/mol. The standard InChI is InChI=1S/C29H27ClFNO3/c1-4-34-28-19(3)29-25(26(17-35-29)21-7-9-22(30)10-8-21)16-24(28)18(2)15-27(33)32-14-13-20-5-11-23(31)12-6-20/h5-12,15-17H,4,13-14H2,1-3H3,(H,32,33)/b18-15+. The Hall–Kier alpha value is -3.57. The molecule has 1 heterocycles. The van der Waals surface area contributed by atoms with Gasteiger partial charge in [-0.15, -0.1) is 0 Å². The van der Waals surface area contributed by atoms with E-state index in [1.807, 2.05) is 51.1 Å². The number of hydrogen-bond acceptors (Lipinski definition) is 3. The summed E-state index contributed by atoms with van der Waals surface area (Å²) in [5.74, 6) is 0.227. The summed E-state index contributed by atoms with van der Waals surface area (Å²) in [7, 11) is 0. The highest BCUT2D eigenvalue weighted by molar-refractivity contribution is 6.30. The first-order valence-corrected chi connectivity index (χ1v) is 11.9. The van der Waals surface area contributed by atoms with Gasteiger partial charge in [0.1, 0.15) is 17.1 Å². The first-order chi connectivity index (χ1) is 16.9. The Morgan fingerprint density at radius 3 is 2.54 bits per heavy atom. The zero-order chi connectivity index (χ0) is 24.9. The topological polar surface area (TPSA) is 51.5 Å². The summed E-state index contributed by atoms with van der Waals surface area (Å²) in [6.07, 6.45) is 3.94. The molecule has 35 heavy (non-hydrogen) atoms. The van der Waals surface area contributed by atoms with Crippen molar-refractivity contribution in [1.82, 2.24) is 5.32 Å². The summed E-state index contributed by atoms with van der Waals surface area (Å²) < 4.78 is 25.0. The van der Waals surface area contributed by atoms with Crippen LogP contribution >= 0.6 is 11.6 Å². The number of carbonyl (C=O) groups excluding carboxylic acids is 1. The maximum absolute atomic E-state index is 13.1. The van der Waals surface area contributed by atoms with Crippen molar-refractivity contribution in [2.75, 3.05) is 13.2 Å². The Bertz CT molecular complexity index is 1370. The molecule has 0 saturated carbocycles. The molecule has 4 aromatic rings. The highest BCUT2D eigenvalue weighted by atomic mass is 35.5. The summed E-state index contributed by atoms with van der Waals surface area (Å²) in [6, 6.07) is 15.9. The lowest BCUT2D eigenvalue weighted by Gasteiger charge is -2.15. The van der Waals surface area contributed by atoms with Gasteiger partial charge in [-0.2, -0.15) is 0 Å². The lowest BCUT2D eigenvalue weighted by atomic mass is 9.96. The van der Waals surface area contributed by atoms with Crippen LogP contribution in [0.15, 0.2) is 71.4 Å². The molecule has 0 bridgehead atoms. The van der Waals surface area contributed by atoms with Crippen LogP contribution in [-0.4, -0.2) is 19.1 Å². The SMILES string of the molecule is CCOc1c(/C(C)=C/C(=O)NCCc2ccc(F)cc2)cc2c(-c3ccc(Cl)cc3)coc2c1C. The number of fused-ring (bicyclic) bond motifs is 1. The third-order valence-corrected chi connectivity index (χ3v) is 6.14. The van der Waals surface area contributed by atoms with Crippen molar-refractivity contribution in [2.24, 2.45) is 0 Å². The quantitative estimate of drug-likeness (QED) is 0.262. The van der Waals surface area contributed by atoms with Crippen molar-refractivity contribution in [3.63, 3.8) is 0 Å². The van der Waals surface area contributed by atoms with Gasteiger partial charge in [-0.05, 0) is 74.2 Å². The van der Waals surface area contributed by atoms with Gasteiger partial charge in [0.15, 0.2) is 0 Å². The van der Waals surface area contributed by atoms with Crippen LogP contribution in [0.2, 0.25) is 5.02 Å². The predicted molar refractivity (Wildman–Crippen MR) is 139 cm³/mol. The number of benzene rings is 3. The van der Waals surface area contributed by atoms with Crippen LogP contribution < -0.4 is 10.1 Å². The van der Waals surface area contributed by atoms with E-state index >= 15 is 0 Å². The van der Waals surface area contributed by atoms with Crippen LogP contribution in [0.5, 0.6) is 5.75 Å². The molecule has 0 radical (unpaired) electrons. The molecule has 0 saturated heterocycles. The number of aryl methyl sites for hydroxylation is 1. The number of nitrogens with one attached hydrogen (secondary N) is 1. The summed E-state index contributed by atoms with van der Waals surface area (Å²) in [4.78, 5) is 12.6. The maximum atomic E-state index is 13.1. The minimum Gasteiger partial charge on any atom is -0.493 e. The van der Waals surface area contributed by atoms with Gasteiger partial charge in [0.2, 0.25) is 5.91 Å². The van der Waals surface area contributed by atoms with E-state index in [0.29, 0.717) is 30.3 Å². The van der Waals surface area contributed by atoms with E-state index in [1.165, 1.54) is 12.1 Å². The molecule has 0 fully saturated rings. The Morgan fingerprint density at radius 2 is 1.86 bits per heavy atom. The zero-order valence-corrected chi connectivity index (χ0v) is 20.7. The lowest BCUT2D eigenvalue weighted by Crippen LogP contribution is -2.23. The zero-order valence-electron chi connectivity index (χ0n) is 20.0. The number of carbonyl (C=O) groups is 1. The van der Waals surface area contributed by atoms with E-state index in [1.54, 1.807) is 24.5 Å². The first kappa shape index (κ1) is 24.6. The van der Waals surface area contributed by atoms with Crippen LogP contribution in [0.1, 0.15) is 30.5 Å². The molecular formula is C29H27ClFNO3. The van der Waals surface area contributed by atoms with Crippen molar-refractivity contribution in [2.45, 2.75) is 27.2 Å². The number of allylic oxidation sites excluding steroid dienone is 1. The Morgan fingerprint density at radius 1 is 1.14 bits per heavy atom. The number of rotatable bonds is 8. The molecule has 0 atom stereocenters. The van der Waals surface area contributed by atoms with Gasteiger partial charge in [-0.3, -0.25) is 4.79 Å². The minimum atomic E-state index is -0.273. The van der Waals surface area contributed by atoms with E-state index in [0.717, 1.165) is 44.4 Å². The molecule has 180 valence electrons. The highest BCUT2D eigenvalue weighted by Crippen LogP contribution is 2.40. The largest absolute Gasteiger partial charge is 0.493 e. The Labute approximate surface area is 209 Å². The van der Waals surface area contributed by atoms with Crippen molar-refractivity contribution >= 4 is 34.1 Å². The van der Waals surface area contributed by atoms with Crippen LogP contribution in [0, 0.1) is 12.7 Å². The third-order valence-electron chi connectivity index (χ3n) is 5.89. The normalized spacial score (nSPS) is 11.6. The second-order valence-corrected chi connectivity index (χ2v) is 8.78. The van der Waals surface area contributed by atoms with Gasteiger partial charge in [-0.1, -0.05) is 35.9 Å². The Balaban J connectivity index is 1.62. The molecular weight excluding hydrogens is 465 g/mol. The first-order valence-electron chi connectivity index (χ1n) is 11.5. The molecule has 6 heteroatoms. The van der Waals surface area contributed by atoms with Crippen molar-refractivity contribution in [3.8, 4) is 16.9 Å². The summed E-state index contributed by atoms with van der Waals surface area (Å²) in [5.41, 5.74) is 6.14. The molecule has 0 aliphatic carbocycles. The predicted octanol–water partition coefficient (Wildman–Crippen LogP) is 7.36. The smallest absolute Gasteiger partial charge is 0.244 e. The number of halogens is 2. The van der Waals surface area contributed by atoms with Crippen LogP contribution in [0.3, 0.4) is 0 Å². The summed E-state index contributed by atoms with van der Waals surface area (Å²) in [5, 5.41) is 4.51. The molecule has 3 aromatic carbocycles. The molecule has 0 aliphatic heterocycles. The van der Waals surface area contributed by atoms with Gasteiger partial charge in [0, 0.05) is 39.7 Å². The van der Waals surface area contributed by atoms with Gasteiger partial charge in [0.25, 0.3) is 0 Å². The molecule has 1 N–H and O–H groups in total. The Kier molecular flexibility index (Phi) is 7.57. The minimum absolute atomic E-state index is 0.199. The van der Waals surface area contributed by atoms with E-state index in [4.69, 9.17) is 20.8 Å². The fraction of sp³-hybridized carbons (Fsp3) is 0.207. The van der Waals surface area contributed by atoms with E-state index < -0.39 is 0 Å². The van der Waals surface area contributed by atoms with Crippen molar-refractivity contribution in [3.05, 3.63) is 94.5 Å². The molecule has 4 nitrogen and oxygen atoms in total. The molecule has 0 unspecified atom stereocenters. The number of hydrogen-bond donors (Lipinski definition) is 1. The van der Waals surface area contributed by atoms with Gasteiger partial charge >= 0.3 is 0 Å². The number of ether oxygens (including phenoxy) is 1. The highest BCUT2D eigenvalue weighted by Gasteiger charge is 2.19. The molecule has 0 spiro atoms. The third kappa shape index (κ3) is 5.57. The average Bonchev–Trinajstić information content (AvgIpc) is 3.27. The van der Waals surface area contributed by atoms with Crippen LogP contribution in [0.4, 0.5) is 4.39 Å². The van der Waals surface area contributed by atoms with E-state index in [2.05, 4.69) is 5.32 Å². The molecule has 1 amide bonds. The maximum Gasteiger partial charge on any atom is 0.244 e. The second kappa shape index (κ2) is 10.8. The lowest BCUT2D eigenvalue weighted by molar-refractivity contribution is -0.116. The van der Waals surface area contributed by atoms with Gasteiger partial charge in [0.05, 0.1) is 12.9 Å². The summed E-state index contributed by atoms with van der Waals surface area (Å²) >= 11 is 6.06. The monoisotopic (exact) mass is 491 g/mol. The fourth-order valence-electron chi connectivity index (χ4n) is 4.10. The van der Waals surface area contributed by atoms with E-state index in [-0.39, 0.29) is 11.7 Å². The van der Waals surface area contributed by atoms with Gasteiger partial charge in [-0.25, -0.2) is 4.39 Å². The molecule has 1 aromatic heterocycles. The molecule has 4 rings (SSSR count). The number of amides is 1. The number of furan rings is 1. The second-order valence-electron chi connectivity index (χ2n) is 8.34. The van der Waals surface area contributed by atoms with Crippen molar-refractivity contribution < 1.29 is 18.3 Å². The molecule has 0 aliphatic rings. The fourth-order valence-corrected chi connectivity index (χ4v) is 4.22. The van der Waals surface area contributed by atoms with Gasteiger partial charge < -0.3 is 14.5 Å². The van der Waals surface area contributed by atoms with Crippen LogP contribution in [0.25, 0.3) is 27.7 Å². The van der Waals surface area contributed by atoms with E-state index in [9.17, 15) is 9.18 Å². The van der Waals surface area contributed by atoms with Crippen molar-refractivity contribution in [1.29, 1.82) is 0 Å². The summed E-state index contributed by atoms with van der Waals surface area (Å²) in [6.45, 7) is 6.72.